The molecule has 0 amide bonds. The van der Waals surface area contributed by atoms with Gasteiger partial charge in [0.25, 0.3) is 0 Å². The number of ether oxygens (including phenoxy) is 1. The van der Waals surface area contributed by atoms with Crippen LogP contribution < -0.4 is 4.74 Å². The van der Waals surface area contributed by atoms with Crippen LogP contribution in [0.3, 0.4) is 0 Å². The fourth-order valence-corrected chi connectivity index (χ4v) is 3.93. The molecule has 21 heavy (non-hydrogen) atoms. The lowest BCUT2D eigenvalue weighted by Crippen LogP contribution is -1.82. The lowest BCUT2D eigenvalue weighted by molar-refractivity contribution is 0.415. The monoisotopic (exact) mass is 358 g/mol. The summed E-state index contributed by atoms with van der Waals surface area (Å²) in [6.45, 7) is 0. The van der Waals surface area contributed by atoms with Gasteiger partial charge in [-0.05, 0) is 24.3 Å². The number of benzene rings is 2. The van der Waals surface area contributed by atoms with Crippen LogP contribution in [0.15, 0.2) is 53.1 Å². The summed E-state index contributed by atoms with van der Waals surface area (Å²) in [5.41, 5.74) is 3.24. The second-order valence-electron chi connectivity index (χ2n) is 4.69. The highest BCUT2D eigenvalue weighted by molar-refractivity contribution is 9.10. The van der Waals surface area contributed by atoms with Gasteiger partial charge in [-0.25, -0.2) is 4.98 Å². The van der Waals surface area contributed by atoms with Crippen molar-refractivity contribution in [2.75, 3.05) is 7.11 Å². The van der Waals surface area contributed by atoms with Crippen LogP contribution in [0.4, 0.5) is 0 Å². The van der Waals surface area contributed by atoms with Crippen molar-refractivity contribution in [3.63, 3.8) is 0 Å². The Morgan fingerprint density at radius 2 is 2.05 bits per heavy atom. The zero-order chi connectivity index (χ0) is 14.4. The number of halogens is 1. The predicted octanol–water partition coefficient (Wildman–Crippen LogP) is 4.99. The van der Waals surface area contributed by atoms with Gasteiger partial charge in [0.1, 0.15) is 5.75 Å². The maximum absolute atomic E-state index is 5.27. The summed E-state index contributed by atoms with van der Waals surface area (Å²) in [6.07, 6.45) is 2.08. The first-order valence-electron chi connectivity index (χ1n) is 6.47. The molecule has 2 heterocycles. The molecular formula is C16H11BrN2OS. The fraction of sp³-hybridized carbons (Fsp3) is 0.0625. The minimum absolute atomic E-state index is 0.873. The molecule has 0 aliphatic rings. The third-order valence-corrected chi connectivity index (χ3v) is 5.16. The molecule has 0 spiro atoms. The number of nitrogens with zero attached hydrogens (tertiary/aromatic N) is 2. The van der Waals surface area contributed by atoms with Gasteiger partial charge >= 0.3 is 0 Å². The molecule has 5 heteroatoms. The number of aromatic nitrogens is 2. The second-order valence-corrected chi connectivity index (χ2v) is 6.56. The molecule has 4 aromatic rings. The normalized spacial score (nSPS) is 11.3. The number of methoxy groups -OCH3 is 1. The highest BCUT2D eigenvalue weighted by atomic mass is 79.9. The zero-order valence-corrected chi connectivity index (χ0v) is 13.6. The summed E-state index contributed by atoms with van der Waals surface area (Å²) in [5, 5.41) is 0. The van der Waals surface area contributed by atoms with Gasteiger partial charge in [-0.1, -0.05) is 45.5 Å². The van der Waals surface area contributed by atoms with E-state index in [9.17, 15) is 0 Å². The van der Waals surface area contributed by atoms with Crippen molar-refractivity contribution in [3.8, 4) is 17.0 Å². The van der Waals surface area contributed by atoms with Crippen LogP contribution in [-0.2, 0) is 0 Å². The summed E-state index contributed by atoms with van der Waals surface area (Å²) in [4.78, 5) is 5.74. The lowest BCUT2D eigenvalue weighted by Gasteiger charge is -2.00. The van der Waals surface area contributed by atoms with Crippen LogP contribution in [0.1, 0.15) is 0 Å². The van der Waals surface area contributed by atoms with Crippen LogP contribution in [-0.4, -0.2) is 16.5 Å². The van der Waals surface area contributed by atoms with Gasteiger partial charge in [0, 0.05) is 16.2 Å². The quantitative estimate of drug-likeness (QED) is 0.504. The van der Waals surface area contributed by atoms with Gasteiger partial charge in [0.05, 0.1) is 23.0 Å². The fourth-order valence-electron chi connectivity index (χ4n) is 2.41. The number of hydrogen-bond donors (Lipinski definition) is 0. The van der Waals surface area contributed by atoms with Crippen molar-refractivity contribution in [2.24, 2.45) is 0 Å². The Labute approximate surface area is 133 Å². The summed E-state index contributed by atoms with van der Waals surface area (Å²) < 4.78 is 9.64. The van der Waals surface area contributed by atoms with Crippen molar-refractivity contribution in [1.29, 1.82) is 0 Å². The molecule has 0 unspecified atom stereocenters. The maximum atomic E-state index is 5.27. The van der Waals surface area contributed by atoms with Crippen molar-refractivity contribution in [1.82, 2.24) is 9.38 Å². The van der Waals surface area contributed by atoms with Crippen molar-refractivity contribution < 1.29 is 4.74 Å². The van der Waals surface area contributed by atoms with E-state index in [-0.39, 0.29) is 0 Å². The highest BCUT2D eigenvalue weighted by Gasteiger charge is 2.12. The van der Waals surface area contributed by atoms with E-state index in [1.165, 1.54) is 4.70 Å². The van der Waals surface area contributed by atoms with E-state index in [1.54, 1.807) is 18.4 Å². The van der Waals surface area contributed by atoms with Crippen LogP contribution in [0.5, 0.6) is 5.75 Å². The zero-order valence-electron chi connectivity index (χ0n) is 11.2. The molecule has 0 radical (unpaired) electrons. The molecule has 3 nitrogen and oxygen atoms in total. The van der Waals surface area contributed by atoms with Crippen molar-refractivity contribution in [3.05, 3.63) is 53.1 Å². The molecule has 0 atom stereocenters. The van der Waals surface area contributed by atoms with Crippen LogP contribution >= 0.6 is 27.3 Å². The van der Waals surface area contributed by atoms with E-state index in [0.717, 1.165) is 32.0 Å². The number of hydrogen-bond acceptors (Lipinski definition) is 3. The minimum Gasteiger partial charge on any atom is -0.497 e. The van der Waals surface area contributed by atoms with E-state index in [0.29, 0.717) is 0 Å². The molecule has 0 saturated heterocycles. The molecular weight excluding hydrogens is 348 g/mol. The van der Waals surface area contributed by atoms with E-state index in [4.69, 9.17) is 9.72 Å². The molecule has 4 rings (SSSR count). The molecule has 2 aromatic carbocycles. The molecule has 0 N–H and O–H groups in total. The Kier molecular flexibility index (Phi) is 2.97. The summed E-state index contributed by atoms with van der Waals surface area (Å²) in [5.74, 6) is 0.873. The van der Waals surface area contributed by atoms with Gasteiger partial charge in [-0.3, -0.25) is 4.40 Å². The van der Waals surface area contributed by atoms with Gasteiger partial charge < -0.3 is 4.74 Å². The Morgan fingerprint density at radius 1 is 1.19 bits per heavy atom. The first-order chi connectivity index (χ1) is 10.3. The number of rotatable bonds is 2. The average molecular weight is 359 g/mol. The van der Waals surface area contributed by atoms with E-state index >= 15 is 0 Å². The highest BCUT2D eigenvalue weighted by Crippen LogP contribution is 2.33. The van der Waals surface area contributed by atoms with Gasteiger partial charge in [0.2, 0.25) is 0 Å². The molecule has 0 saturated carbocycles. The standard InChI is InChI=1S/C16H11BrN2OS/c1-20-10-6-7-14-15(8-10)21-16-18-13(9-19(14)16)11-4-2-3-5-12(11)17/h2-9H,1H3. The molecule has 0 bridgehead atoms. The molecule has 104 valence electrons. The van der Waals surface area contributed by atoms with E-state index in [2.05, 4.69) is 38.7 Å². The smallest absolute Gasteiger partial charge is 0.195 e. The van der Waals surface area contributed by atoms with Crippen molar-refractivity contribution in [2.45, 2.75) is 0 Å². The first kappa shape index (κ1) is 12.9. The molecule has 0 aliphatic heterocycles. The molecule has 0 fully saturated rings. The van der Waals surface area contributed by atoms with Gasteiger partial charge in [-0.15, -0.1) is 0 Å². The predicted molar refractivity (Wildman–Crippen MR) is 90.3 cm³/mol. The Morgan fingerprint density at radius 3 is 2.86 bits per heavy atom. The second kappa shape index (κ2) is 4.86. The maximum Gasteiger partial charge on any atom is 0.195 e. The van der Waals surface area contributed by atoms with Crippen LogP contribution in [0.25, 0.3) is 26.4 Å². The van der Waals surface area contributed by atoms with Gasteiger partial charge in [0.15, 0.2) is 4.96 Å². The summed E-state index contributed by atoms with van der Waals surface area (Å²) in [6, 6.07) is 14.2. The van der Waals surface area contributed by atoms with Crippen LogP contribution in [0, 0.1) is 0 Å². The number of fused-ring (bicyclic) bond motifs is 3. The minimum atomic E-state index is 0.873. The number of thiazole rings is 1. The Bertz CT molecular complexity index is 957. The third kappa shape index (κ3) is 2.04. The first-order valence-corrected chi connectivity index (χ1v) is 8.08. The summed E-state index contributed by atoms with van der Waals surface area (Å²) >= 11 is 5.25. The molecule has 2 aromatic heterocycles. The topological polar surface area (TPSA) is 26.5 Å². The van der Waals surface area contributed by atoms with Crippen LogP contribution in [0.2, 0.25) is 0 Å². The SMILES string of the molecule is COc1ccc2c(c1)sc1nc(-c3ccccc3Br)cn12. The Balaban J connectivity index is 1.93. The van der Waals surface area contributed by atoms with E-state index in [1.807, 2.05) is 30.3 Å². The van der Waals surface area contributed by atoms with E-state index < -0.39 is 0 Å². The Hall–Kier alpha value is -1.85. The summed E-state index contributed by atoms with van der Waals surface area (Å²) in [7, 11) is 1.69. The number of imidazole rings is 1. The molecule has 0 aliphatic carbocycles. The average Bonchev–Trinajstić information content (AvgIpc) is 3.04. The van der Waals surface area contributed by atoms with Gasteiger partial charge in [-0.2, -0.15) is 0 Å². The third-order valence-electron chi connectivity index (χ3n) is 3.45. The lowest BCUT2D eigenvalue weighted by atomic mass is 10.2. The largest absolute Gasteiger partial charge is 0.497 e. The van der Waals surface area contributed by atoms with Crippen molar-refractivity contribution >= 4 is 42.4 Å².